The van der Waals surface area contributed by atoms with Crippen molar-refractivity contribution in [3.8, 4) is 0 Å². The molecule has 1 aliphatic rings. The van der Waals surface area contributed by atoms with Crippen molar-refractivity contribution in [3.05, 3.63) is 34.9 Å². The van der Waals surface area contributed by atoms with E-state index >= 15 is 0 Å². The van der Waals surface area contributed by atoms with E-state index in [0.717, 1.165) is 24.0 Å². The first-order valence-electron chi connectivity index (χ1n) is 7.47. The van der Waals surface area contributed by atoms with Crippen molar-refractivity contribution in [1.82, 2.24) is 5.32 Å². The smallest absolute Gasteiger partial charge is 0.308 e. The highest BCUT2D eigenvalue weighted by molar-refractivity contribution is 5.96. The molecule has 0 aliphatic heterocycles. The molecule has 114 valence electrons. The monoisotopic (exact) mass is 289 g/mol. The van der Waals surface area contributed by atoms with Gasteiger partial charge in [-0.1, -0.05) is 25.0 Å². The van der Waals surface area contributed by atoms with Crippen LogP contribution in [0.2, 0.25) is 0 Å². The summed E-state index contributed by atoms with van der Waals surface area (Å²) in [7, 11) is 0. The highest BCUT2D eigenvalue weighted by atomic mass is 16.4. The van der Waals surface area contributed by atoms with E-state index in [4.69, 9.17) is 0 Å². The number of amides is 1. The Hall–Kier alpha value is -1.84. The fraction of sp³-hybridized carbons (Fsp3) is 0.529. The van der Waals surface area contributed by atoms with Gasteiger partial charge in [-0.3, -0.25) is 9.59 Å². The van der Waals surface area contributed by atoms with Gasteiger partial charge in [-0.2, -0.15) is 0 Å². The summed E-state index contributed by atoms with van der Waals surface area (Å²) in [5, 5.41) is 12.4. The number of nitrogens with one attached hydrogen (secondary N) is 1. The normalized spacial score (nSPS) is 25.4. The van der Waals surface area contributed by atoms with E-state index in [1.165, 1.54) is 0 Å². The molecule has 1 amide bonds. The minimum absolute atomic E-state index is 0.174. The molecule has 0 radical (unpaired) electrons. The van der Waals surface area contributed by atoms with Crippen molar-refractivity contribution in [2.24, 2.45) is 5.92 Å². The summed E-state index contributed by atoms with van der Waals surface area (Å²) in [5.41, 5.74) is 1.97. The molecule has 1 fully saturated rings. The number of hydrogen-bond donors (Lipinski definition) is 2. The minimum Gasteiger partial charge on any atom is -0.481 e. The van der Waals surface area contributed by atoms with Crippen molar-refractivity contribution in [2.75, 3.05) is 0 Å². The number of aliphatic carboxylic acids is 1. The summed E-state index contributed by atoms with van der Waals surface area (Å²) < 4.78 is 0. The zero-order valence-electron chi connectivity index (χ0n) is 12.9. The van der Waals surface area contributed by atoms with Crippen LogP contribution in [0.1, 0.15) is 54.1 Å². The maximum Gasteiger partial charge on any atom is 0.308 e. The third-order valence-electron chi connectivity index (χ3n) is 4.75. The molecular weight excluding hydrogens is 266 g/mol. The number of benzene rings is 1. The largest absolute Gasteiger partial charge is 0.481 e. The number of carboxylic acid groups (broad SMARTS) is 1. The van der Waals surface area contributed by atoms with Crippen LogP contribution in [0.4, 0.5) is 0 Å². The van der Waals surface area contributed by atoms with Crippen LogP contribution in [0.25, 0.3) is 0 Å². The van der Waals surface area contributed by atoms with Gasteiger partial charge in [-0.25, -0.2) is 0 Å². The summed E-state index contributed by atoms with van der Waals surface area (Å²) in [6.07, 6.45) is 3.19. The molecule has 0 heterocycles. The number of carbonyl (C=O) groups excluding carboxylic acids is 1. The number of hydrogen-bond acceptors (Lipinski definition) is 2. The Kier molecular flexibility index (Phi) is 4.35. The van der Waals surface area contributed by atoms with E-state index < -0.39 is 17.4 Å². The summed E-state index contributed by atoms with van der Waals surface area (Å²) >= 11 is 0. The maximum atomic E-state index is 12.6. The standard InChI is InChI=1S/C17H23NO3/c1-11-7-6-8-13(12(11)2)15(19)18-17(3)10-5-4-9-14(17)16(20)21/h6-8,14H,4-5,9-10H2,1-3H3,(H,18,19)(H,20,21). The van der Waals surface area contributed by atoms with E-state index in [-0.39, 0.29) is 5.91 Å². The van der Waals surface area contributed by atoms with Gasteiger partial charge in [-0.05, 0) is 50.8 Å². The maximum absolute atomic E-state index is 12.6. The zero-order chi connectivity index (χ0) is 15.6. The van der Waals surface area contributed by atoms with Gasteiger partial charge in [0, 0.05) is 5.56 Å². The van der Waals surface area contributed by atoms with E-state index in [0.29, 0.717) is 18.4 Å². The molecular formula is C17H23NO3. The van der Waals surface area contributed by atoms with E-state index in [9.17, 15) is 14.7 Å². The van der Waals surface area contributed by atoms with Crippen molar-refractivity contribution in [2.45, 2.75) is 52.0 Å². The van der Waals surface area contributed by atoms with Gasteiger partial charge in [0.1, 0.15) is 0 Å². The average Bonchev–Trinajstić information content (AvgIpc) is 2.41. The molecule has 4 heteroatoms. The van der Waals surface area contributed by atoms with Crippen molar-refractivity contribution in [3.63, 3.8) is 0 Å². The molecule has 4 nitrogen and oxygen atoms in total. The van der Waals surface area contributed by atoms with Gasteiger partial charge in [0.05, 0.1) is 11.5 Å². The topological polar surface area (TPSA) is 66.4 Å². The molecule has 0 spiro atoms. The Morgan fingerprint density at radius 3 is 2.67 bits per heavy atom. The van der Waals surface area contributed by atoms with Crippen LogP contribution < -0.4 is 5.32 Å². The van der Waals surface area contributed by atoms with E-state index in [1.54, 1.807) is 6.07 Å². The number of rotatable bonds is 3. The Bertz CT molecular complexity index is 567. The van der Waals surface area contributed by atoms with Crippen LogP contribution in [0.5, 0.6) is 0 Å². The van der Waals surface area contributed by atoms with Gasteiger partial charge in [0.25, 0.3) is 5.91 Å². The second-order valence-corrected chi connectivity index (χ2v) is 6.26. The molecule has 1 saturated carbocycles. The molecule has 1 aromatic carbocycles. The van der Waals surface area contributed by atoms with Gasteiger partial charge < -0.3 is 10.4 Å². The predicted molar refractivity (Wildman–Crippen MR) is 81.4 cm³/mol. The van der Waals surface area contributed by atoms with Gasteiger partial charge in [0.15, 0.2) is 0 Å². The molecule has 2 atom stereocenters. The fourth-order valence-electron chi connectivity index (χ4n) is 3.20. The third kappa shape index (κ3) is 3.09. The Morgan fingerprint density at radius 1 is 1.29 bits per heavy atom. The number of carboxylic acids is 1. The molecule has 0 aromatic heterocycles. The average molecular weight is 289 g/mol. The molecule has 2 unspecified atom stereocenters. The van der Waals surface area contributed by atoms with Crippen LogP contribution in [-0.4, -0.2) is 22.5 Å². The van der Waals surface area contributed by atoms with Crippen molar-refractivity contribution < 1.29 is 14.7 Å². The Labute approximate surface area is 125 Å². The van der Waals surface area contributed by atoms with Crippen molar-refractivity contribution >= 4 is 11.9 Å². The lowest BCUT2D eigenvalue weighted by Gasteiger charge is -2.40. The second-order valence-electron chi connectivity index (χ2n) is 6.26. The second kappa shape index (κ2) is 5.88. The Balaban J connectivity index is 2.24. The summed E-state index contributed by atoms with van der Waals surface area (Å²) in [6.45, 7) is 5.74. The van der Waals surface area contributed by atoms with Gasteiger partial charge >= 0.3 is 5.97 Å². The fourth-order valence-corrected chi connectivity index (χ4v) is 3.20. The predicted octanol–water partition coefficient (Wildman–Crippen LogP) is 3.07. The summed E-state index contributed by atoms with van der Waals surface area (Å²) in [5.74, 6) is -1.51. The SMILES string of the molecule is Cc1cccc(C(=O)NC2(C)CCCCC2C(=O)O)c1C. The zero-order valence-corrected chi connectivity index (χ0v) is 12.9. The van der Waals surface area contributed by atoms with Crippen molar-refractivity contribution in [1.29, 1.82) is 0 Å². The van der Waals surface area contributed by atoms with E-state index in [1.807, 2.05) is 32.9 Å². The van der Waals surface area contributed by atoms with Crippen LogP contribution in [0.15, 0.2) is 18.2 Å². The molecule has 2 N–H and O–H groups in total. The van der Waals surface area contributed by atoms with Crippen LogP contribution >= 0.6 is 0 Å². The van der Waals surface area contributed by atoms with Crippen LogP contribution in [0.3, 0.4) is 0 Å². The highest BCUT2D eigenvalue weighted by Crippen LogP contribution is 2.34. The lowest BCUT2D eigenvalue weighted by molar-refractivity contribution is -0.145. The van der Waals surface area contributed by atoms with Crippen LogP contribution in [0, 0.1) is 19.8 Å². The lowest BCUT2D eigenvalue weighted by Crippen LogP contribution is -2.55. The highest BCUT2D eigenvalue weighted by Gasteiger charge is 2.42. The number of carbonyl (C=O) groups is 2. The minimum atomic E-state index is -0.821. The first-order valence-corrected chi connectivity index (χ1v) is 7.47. The molecule has 1 aromatic rings. The third-order valence-corrected chi connectivity index (χ3v) is 4.75. The molecule has 1 aliphatic carbocycles. The molecule has 21 heavy (non-hydrogen) atoms. The quantitative estimate of drug-likeness (QED) is 0.898. The van der Waals surface area contributed by atoms with Gasteiger partial charge in [0.2, 0.25) is 0 Å². The summed E-state index contributed by atoms with van der Waals surface area (Å²) in [4.78, 5) is 24.0. The Morgan fingerprint density at radius 2 is 2.00 bits per heavy atom. The first-order chi connectivity index (χ1) is 9.85. The van der Waals surface area contributed by atoms with Gasteiger partial charge in [-0.15, -0.1) is 0 Å². The molecule has 0 saturated heterocycles. The number of aryl methyl sites for hydroxylation is 1. The summed E-state index contributed by atoms with van der Waals surface area (Å²) in [6, 6.07) is 5.61. The molecule has 0 bridgehead atoms. The van der Waals surface area contributed by atoms with E-state index in [2.05, 4.69) is 5.32 Å². The molecule has 2 rings (SSSR count). The lowest BCUT2D eigenvalue weighted by atomic mass is 9.73. The van der Waals surface area contributed by atoms with Crippen LogP contribution in [-0.2, 0) is 4.79 Å². The first kappa shape index (κ1) is 15.5.